The van der Waals surface area contributed by atoms with Crippen LogP contribution < -0.4 is 5.32 Å². The third-order valence-corrected chi connectivity index (χ3v) is 8.96. The molecule has 0 saturated heterocycles. The molecule has 0 unspecified atom stereocenters. The standard InChI is InChI=1S/C21H20N2O6S2/c1-29-21(26)17-13-4-2-3-5-15(13)30-19(17)22-18(24)11-6-9-14-16(10-11)31(27,28)23(20(14)25)12-7-8-12/h6,9-10,12H,2-5,7-8H2,1H3,(H,22,24). The fraction of sp³-hybridized carbons (Fsp3) is 0.381. The van der Waals surface area contributed by atoms with Gasteiger partial charge in [-0.1, -0.05) is 0 Å². The number of benzene rings is 1. The number of methoxy groups -OCH3 is 1. The summed E-state index contributed by atoms with van der Waals surface area (Å²) in [6.07, 6.45) is 4.90. The van der Waals surface area contributed by atoms with Crippen molar-refractivity contribution in [2.75, 3.05) is 12.4 Å². The first-order chi connectivity index (χ1) is 14.8. The van der Waals surface area contributed by atoms with Gasteiger partial charge in [-0.15, -0.1) is 11.3 Å². The van der Waals surface area contributed by atoms with Crippen molar-refractivity contribution in [3.63, 3.8) is 0 Å². The molecule has 1 fully saturated rings. The van der Waals surface area contributed by atoms with E-state index in [1.165, 1.54) is 36.6 Å². The fourth-order valence-electron chi connectivity index (χ4n) is 4.21. The number of nitrogens with one attached hydrogen (secondary N) is 1. The molecule has 8 nitrogen and oxygen atoms in total. The highest BCUT2D eigenvalue weighted by Gasteiger charge is 2.48. The monoisotopic (exact) mass is 460 g/mol. The number of anilines is 1. The van der Waals surface area contributed by atoms with E-state index in [1.54, 1.807) is 0 Å². The summed E-state index contributed by atoms with van der Waals surface area (Å²) in [5.74, 6) is -1.58. The molecule has 0 atom stereocenters. The second kappa shape index (κ2) is 7.16. The van der Waals surface area contributed by atoms with Crippen LogP contribution in [0.15, 0.2) is 23.1 Å². The highest BCUT2D eigenvalue weighted by molar-refractivity contribution is 7.90. The van der Waals surface area contributed by atoms with Gasteiger partial charge in [0.2, 0.25) is 0 Å². The van der Waals surface area contributed by atoms with E-state index in [9.17, 15) is 22.8 Å². The molecule has 31 heavy (non-hydrogen) atoms. The molecule has 1 aromatic carbocycles. The zero-order chi connectivity index (χ0) is 21.9. The molecule has 2 heterocycles. The Morgan fingerprint density at radius 1 is 1.19 bits per heavy atom. The highest BCUT2D eigenvalue weighted by Crippen LogP contribution is 2.41. The molecule has 0 bridgehead atoms. The normalized spacial score (nSPS) is 19.0. The van der Waals surface area contributed by atoms with Gasteiger partial charge in [-0.2, -0.15) is 0 Å². The molecule has 2 aromatic rings. The largest absolute Gasteiger partial charge is 0.465 e. The minimum Gasteiger partial charge on any atom is -0.465 e. The van der Waals surface area contributed by atoms with Gasteiger partial charge >= 0.3 is 5.97 Å². The Morgan fingerprint density at radius 3 is 2.65 bits per heavy atom. The van der Waals surface area contributed by atoms with E-state index in [0.29, 0.717) is 23.4 Å². The number of carbonyl (C=O) groups is 3. The van der Waals surface area contributed by atoms with Crippen LogP contribution >= 0.6 is 11.3 Å². The van der Waals surface area contributed by atoms with E-state index < -0.39 is 27.8 Å². The quantitative estimate of drug-likeness (QED) is 0.703. The second-order valence-corrected chi connectivity index (χ2v) is 10.8. The number of carbonyl (C=O) groups excluding carboxylic acids is 3. The van der Waals surface area contributed by atoms with Crippen LogP contribution in [0.25, 0.3) is 0 Å². The van der Waals surface area contributed by atoms with Gasteiger partial charge < -0.3 is 10.1 Å². The summed E-state index contributed by atoms with van der Waals surface area (Å²) in [4.78, 5) is 38.8. The summed E-state index contributed by atoms with van der Waals surface area (Å²) in [5.41, 5.74) is 1.49. The van der Waals surface area contributed by atoms with Gasteiger partial charge in [0, 0.05) is 16.5 Å². The SMILES string of the molecule is COC(=O)c1c(NC(=O)c2ccc3c(c2)S(=O)(=O)N(C2CC2)C3=O)sc2c1CCCC2. The van der Waals surface area contributed by atoms with Gasteiger partial charge in [0.25, 0.3) is 21.8 Å². The van der Waals surface area contributed by atoms with Gasteiger partial charge in [-0.25, -0.2) is 17.5 Å². The van der Waals surface area contributed by atoms with Crippen LogP contribution in [0.2, 0.25) is 0 Å². The maximum Gasteiger partial charge on any atom is 0.341 e. The van der Waals surface area contributed by atoms with Crippen molar-refractivity contribution >= 4 is 44.1 Å². The number of aryl methyl sites for hydroxylation is 1. The zero-order valence-electron chi connectivity index (χ0n) is 16.8. The maximum atomic E-state index is 13.0. The number of rotatable bonds is 4. The van der Waals surface area contributed by atoms with Crippen LogP contribution in [-0.2, 0) is 27.6 Å². The van der Waals surface area contributed by atoms with Crippen molar-refractivity contribution in [2.24, 2.45) is 0 Å². The number of sulfonamides is 1. The van der Waals surface area contributed by atoms with Crippen molar-refractivity contribution in [3.8, 4) is 0 Å². The molecule has 162 valence electrons. The summed E-state index contributed by atoms with van der Waals surface area (Å²) in [6.45, 7) is 0. The molecular formula is C21H20N2O6S2. The Hall–Kier alpha value is -2.72. The molecule has 2 aliphatic carbocycles. The van der Waals surface area contributed by atoms with E-state index in [-0.39, 0.29) is 22.1 Å². The first kappa shape index (κ1) is 20.2. The number of ether oxygens (including phenoxy) is 1. The van der Waals surface area contributed by atoms with Gasteiger partial charge in [-0.3, -0.25) is 9.59 Å². The smallest absolute Gasteiger partial charge is 0.341 e. The predicted octanol–water partition coefficient (Wildman–Crippen LogP) is 2.97. The molecule has 1 aliphatic heterocycles. The van der Waals surface area contributed by atoms with E-state index in [2.05, 4.69) is 5.32 Å². The van der Waals surface area contributed by atoms with E-state index in [0.717, 1.165) is 40.4 Å². The molecule has 1 saturated carbocycles. The predicted molar refractivity (Wildman–Crippen MR) is 113 cm³/mol. The molecule has 2 amide bonds. The van der Waals surface area contributed by atoms with Crippen LogP contribution in [-0.4, -0.2) is 43.7 Å². The Labute approximate surface area is 183 Å². The molecule has 0 spiro atoms. The molecule has 1 N–H and O–H groups in total. The van der Waals surface area contributed by atoms with Crippen molar-refractivity contribution in [3.05, 3.63) is 45.3 Å². The molecular weight excluding hydrogens is 440 g/mol. The molecule has 3 aliphatic rings. The summed E-state index contributed by atoms with van der Waals surface area (Å²) < 4.78 is 31.5. The zero-order valence-corrected chi connectivity index (χ0v) is 18.4. The number of nitrogens with zero attached hydrogens (tertiary/aromatic N) is 1. The lowest BCUT2D eigenvalue weighted by molar-refractivity contribution is 0.0600. The average molecular weight is 461 g/mol. The molecule has 0 radical (unpaired) electrons. The Morgan fingerprint density at radius 2 is 1.94 bits per heavy atom. The topological polar surface area (TPSA) is 110 Å². The summed E-state index contributed by atoms with van der Waals surface area (Å²) in [5, 5.41) is 3.17. The number of hydrogen-bond donors (Lipinski definition) is 1. The minimum absolute atomic E-state index is 0.0882. The van der Waals surface area contributed by atoms with Crippen LogP contribution in [0.3, 0.4) is 0 Å². The Balaban J connectivity index is 1.48. The Bertz CT molecular complexity index is 1240. The summed E-state index contributed by atoms with van der Waals surface area (Å²) in [6, 6.07) is 3.77. The molecule has 10 heteroatoms. The van der Waals surface area contributed by atoms with Crippen LogP contribution in [0.4, 0.5) is 5.00 Å². The third kappa shape index (κ3) is 3.16. The molecule has 1 aromatic heterocycles. The van der Waals surface area contributed by atoms with Gasteiger partial charge in [0.05, 0.1) is 18.2 Å². The Kier molecular flexibility index (Phi) is 4.67. The van der Waals surface area contributed by atoms with Crippen molar-refractivity contribution in [1.82, 2.24) is 4.31 Å². The van der Waals surface area contributed by atoms with E-state index in [4.69, 9.17) is 4.74 Å². The first-order valence-corrected chi connectivity index (χ1v) is 12.4. The minimum atomic E-state index is -3.96. The number of thiophene rings is 1. The summed E-state index contributed by atoms with van der Waals surface area (Å²) >= 11 is 1.35. The van der Waals surface area contributed by atoms with Crippen molar-refractivity contribution < 1.29 is 27.5 Å². The second-order valence-electron chi connectivity index (χ2n) is 7.91. The summed E-state index contributed by atoms with van der Waals surface area (Å²) in [7, 11) is -2.66. The van der Waals surface area contributed by atoms with Crippen LogP contribution in [0.1, 0.15) is 67.2 Å². The van der Waals surface area contributed by atoms with Crippen molar-refractivity contribution in [2.45, 2.75) is 49.5 Å². The van der Waals surface area contributed by atoms with Crippen LogP contribution in [0, 0.1) is 0 Å². The van der Waals surface area contributed by atoms with E-state index in [1.807, 2.05) is 0 Å². The van der Waals surface area contributed by atoms with Gasteiger partial charge in [0.15, 0.2) is 0 Å². The third-order valence-electron chi connectivity index (χ3n) is 5.88. The number of amides is 2. The lowest BCUT2D eigenvalue weighted by atomic mass is 9.95. The van der Waals surface area contributed by atoms with E-state index >= 15 is 0 Å². The lowest BCUT2D eigenvalue weighted by Gasteiger charge is -2.13. The lowest BCUT2D eigenvalue weighted by Crippen LogP contribution is -2.31. The van der Waals surface area contributed by atoms with Gasteiger partial charge in [-0.05, 0) is 62.3 Å². The van der Waals surface area contributed by atoms with Crippen LogP contribution in [0.5, 0.6) is 0 Å². The fourth-order valence-corrected chi connectivity index (χ4v) is 7.32. The first-order valence-electron chi connectivity index (χ1n) is 10.1. The number of hydrogen-bond acceptors (Lipinski definition) is 7. The average Bonchev–Trinajstić information content (AvgIpc) is 3.48. The maximum absolute atomic E-state index is 13.0. The van der Waals surface area contributed by atoms with Gasteiger partial charge in [0.1, 0.15) is 9.90 Å². The number of fused-ring (bicyclic) bond motifs is 2. The highest BCUT2D eigenvalue weighted by atomic mass is 32.2. The molecule has 5 rings (SSSR count). The number of esters is 1. The van der Waals surface area contributed by atoms with Crippen molar-refractivity contribution in [1.29, 1.82) is 0 Å².